The Morgan fingerprint density at radius 1 is 1.17 bits per heavy atom. The van der Waals surface area contributed by atoms with Gasteiger partial charge in [0.2, 0.25) is 5.91 Å². The van der Waals surface area contributed by atoms with Gasteiger partial charge in [-0.1, -0.05) is 46.8 Å². The number of rotatable bonds is 9. The van der Waals surface area contributed by atoms with E-state index in [1.807, 2.05) is 19.1 Å². The monoisotopic (exact) mass is 399 g/mol. The fourth-order valence-electron chi connectivity index (χ4n) is 3.36. The standard InChI is InChI=1S/C24H37N3O2/c1-17(2)16-27-19(4)22(18(3)26-27)12-13-23(28)25-14-15-29-21-10-8-20(9-11-21)24(5,6)7/h8-11,17H,12-16H2,1-7H3,(H,25,28). The number of nitrogens with one attached hydrogen (secondary N) is 1. The molecule has 1 aromatic carbocycles. The maximum absolute atomic E-state index is 12.2. The summed E-state index contributed by atoms with van der Waals surface area (Å²) in [4.78, 5) is 12.2. The van der Waals surface area contributed by atoms with Crippen LogP contribution in [0.5, 0.6) is 5.75 Å². The van der Waals surface area contributed by atoms with E-state index in [0.29, 0.717) is 25.5 Å². The zero-order valence-electron chi connectivity index (χ0n) is 19.1. The van der Waals surface area contributed by atoms with E-state index in [-0.39, 0.29) is 11.3 Å². The summed E-state index contributed by atoms with van der Waals surface area (Å²) in [5, 5.41) is 7.57. The number of ether oxygens (including phenoxy) is 1. The molecule has 0 bridgehead atoms. The van der Waals surface area contributed by atoms with Crippen LogP contribution in [0.2, 0.25) is 0 Å². The Kier molecular flexibility index (Phi) is 7.88. The second kappa shape index (κ2) is 9.95. The first-order valence-electron chi connectivity index (χ1n) is 10.6. The summed E-state index contributed by atoms with van der Waals surface area (Å²) < 4.78 is 7.80. The highest BCUT2D eigenvalue weighted by atomic mass is 16.5. The van der Waals surface area contributed by atoms with Gasteiger partial charge in [0.15, 0.2) is 0 Å². The normalized spacial score (nSPS) is 11.7. The van der Waals surface area contributed by atoms with Crippen molar-refractivity contribution in [2.75, 3.05) is 13.2 Å². The van der Waals surface area contributed by atoms with Crippen molar-refractivity contribution in [3.05, 3.63) is 46.8 Å². The van der Waals surface area contributed by atoms with Gasteiger partial charge < -0.3 is 10.1 Å². The number of hydrogen-bond acceptors (Lipinski definition) is 3. The maximum Gasteiger partial charge on any atom is 0.220 e. The van der Waals surface area contributed by atoms with Crippen molar-refractivity contribution in [3.63, 3.8) is 0 Å². The molecular formula is C24H37N3O2. The Morgan fingerprint density at radius 3 is 2.41 bits per heavy atom. The smallest absolute Gasteiger partial charge is 0.220 e. The molecule has 0 saturated carbocycles. The van der Waals surface area contributed by atoms with Crippen molar-refractivity contribution in [1.82, 2.24) is 15.1 Å². The SMILES string of the molecule is Cc1nn(CC(C)C)c(C)c1CCC(=O)NCCOc1ccc(C(C)(C)C)cc1. The topological polar surface area (TPSA) is 56.2 Å². The molecule has 0 spiro atoms. The van der Waals surface area contributed by atoms with E-state index in [1.54, 1.807) is 0 Å². The van der Waals surface area contributed by atoms with Crippen molar-refractivity contribution in [3.8, 4) is 5.75 Å². The fraction of sp³-hybridized carbons (Fsp3) is 0.583. The van der Waals surface area contributed by atoms with Crippen LogP contribution >= 0.6 is 0 Å². The van der Waals surface area contributed by atoms with E-state index in [9.17, 15) is 4.79 Å². The van der Waals surface area contributed by atoms with Crippen LogP contribution in [-0.2, 0) is 23.2 Å². The molecule has 29 heavy (non-hydrogen) atoms. The number of nitrogens with zero attached hydrogens (tertiary/aromatic N) is 2. The van der Waals surface area contributed by atoms with E-state index in [1.165, 1.54) is 16.8 Å². The number of benzene rings is 1. The first-order chi connectivity index (χ1) is 13.6. The summed E-state index contributed by atoms with van der Waals surface area (Å²) in [6.45, 7) is 16.9. The number of carbonyl (C=O) groups excluding carboxylic acids is 1. The lowest BCUT2D eigenvalue weighted by atomic mass is 9.87. The van der Waals surface area contributed by atoms with E-state index >= 15 is 0 Å². The molecule has 160 valence electrons. The molecule has 2 aromatic rings. The summed E-state index contributed by atoms with van der Waals surface area (Å²) in [7, 11) is 0. The molecule has 0 fully saturated rings. The molecule has 1 amide bonds. The zero-order valence-corrected chi connectivity index (χ0v) is 19.1. The predicted molar refractivity (Wildman–Crippen MR) is 119 cm³/mol. The summed E-state index contributed by atoms with van der Waals surface area (Å²) in [6.07, 6.45) is 1.19. The summed E-state index contributed by atoms with van der Waals surface area (Å²) in [5.74, 6) is 1.43. The highest BCUT2D eigenvalue weighted by Crippen LogP contribution is 2.24. The van der Waals surface area contributed by atoms with Crippen molar-refractivity contribution in [1.29, 1.82) is 0 Å². The van der Waals surface area contributed by atoms with E-state index < -0.39 is 0 Å². The van der Waals surface area contributed by atoms with Crippen LogP contribution in [0.1, 0.15) is 63.6 Å². The van der Waals surface area contributed by atoms with Gasteiger partial charge in [-0.2, -0.15) is 5.10 Å². The first kappa shape index (κ1) is 23.0. The van der Waals surface area contributed by atoms with E-state index in [0.717, 1.165) is 24.4 Å². The van der Waals surface area contributed by atoms with Gasteiger partial charge in [-0.05, 0) is 54.9 Å². The minimum atomic E-state index is 0.0482. The van der Waals surface area contributed by atoms with Gasteiger partial charge in [0.1, 0.15) is 12.4 Å². The molecule has 5 heteroatoms. The van der Waals surface area contributed by atoms with Gasteiger partial charge in [0.05, 0.1) is 12.2 Å². The quantitative estimate of drug-likeness (QED) is 0.628. The Labute approximate surface area is 175 Å². The lowest BCUT2D eigenvalue weighted by molar-refractivity contribution is -0.121. The highest BCUT2D eigenvalue weighted by molar-refractivity contribution is 5.76. The molecule has 0 aliphatic heterocycles. The van der Waals surface area contributed by atoms with Crippen molar-refractivity contribution in [2.45, 2.75) is 73.3 Å². The molecule has 1 aromatic heterocycles. The van der Waals surface area contributed by atoms with Gasteiger partial charge in [0.25, 0.3) is 0 Å². The number of aromatic nitrogens is 2. The second-order valence-electron chi connectivity index (χ2n) is 9.20. The average molecular weight is 400 g/mol. The largest absolute Gasteiger partial charge is 0.492 e. The Bertz CT molecular complexity index is 799. The Balaban J connectivity index is 1.73. The van der Waals surface area contributed by atoms with Gasteiger partial charge in [0, 0.05) is 18.7 Å². The highest BCUT2D eigenvalue weighted by Gasteiger charge is 2.14. The van der Waals surface area contributed by atoms with Gasteiger partial charge >= 0.3 is 0 Å². The van der Waals surface area contributed by atoms with Crippen LogP contribution in [-0.4, -0.2) is 28.8 Å². The van der Waals surface area contributed by atoms with Crippen molar-refractivity contribution >= 4 is 5.91 Å². The average Bonchev–Trinajstić information content (AvgIpc) is 2.89. The predicted octanol–water partition coefficient (Wildman–Crippen LogP) is 4.58. The Morgan fingerprint density at radius 2 is 1.83 bits per heavy atom. The summed E-state index contributed by atoms with van der Waals surface area (Å²) >= 11 is 0. The molecule has 0 saturated heterocycles. The van der Waals surface area contributed by atoms with Crippen LogP contribution in [0.4, 0.5) is 0 Å². The van der Waals surface area contributed by atoms with Crippen LogP contribution in [0.3, 0.4) is 0 Å². The molecular weight excluding hydrogens is 362 g/mol. The molecule has 1 N–H and O–H groups in total. The van der Waals surface area contributed by atoms with E-state index in [4.69, 9.17) is 4.74 Å². The van der Waals surface area contributed by atoms with Crippen molar-refractivity contribution in [2.24, 2.45) is 5.92 Å². The molecule has 2 rings (SSSR count). The van der Waals surface area contributed by atoms with Crippen LogP contribution in [0.15, 0.2) is 24.3 Å². The molecule has 5 nitrogen and oxygen atoms in total. The van der Waals surface area contributed by atoms with Crippen molar-refractivity contribution < 1.29 is 9.53 Å². The maximum atomic E-state index is 12.2. The molecule has 1 heterocycles. The number of hydrogen-bond donors (Lipinski definition) is 1. The third kappa shape index (κ3) is 6.91. The van der Waals surface area contributed by atoms with Gasteiger partial charge in [-0.25, -0.2) is 0 Å². The molecule has 0 atom stereocenters. The minimum Gasteiger partial charge on any atom is -0.492 e. The molecule has 0 unspecified atom stereocenters. The van der Waals surface area contributed by atoms with E-state index in [2.05, 4.69) is 68.8 Å². The number of aryl methyl sites for hydroxylation is 1. The molecule has 0 aliphatic carbocycles. The Hall–Kier alpha value is -2.30. The molecule has 0 radical (unpaired) electrons. The summed E-state index contributed by atoms with van der Waals surface area (Å²) in [6, 6.07) is 8.17. The van der Waals surface area contributed by atoms with Crippen LogP contribution in [0, 0.1) is 19.8 Å². The lowest BCUT2D eigenvalue weighted by Crippen LogP contribution is -2.28. The first-order valence-corrected chi connectivity index (χ1v) is 10.6. The zero-order chi connectivity index (χ0) is 21.6. The third-order valence-electron chi connectivity index (χ3n) is 5.08. The van der Waals surface area contributed by atoms with Gasteiger partial charge in [-0.15, -0.1) is 0 Å². The number of carbonyl (C=O) groups is 1. The second-order valence-corrected chi connectivity index (χ2v) is 9.20. The van der Waals surface area contributed by atoms with Crippen LogP contribution in [0.25, 0.3) is 0 Å². The summed E-state index contributed by atoms with van der Waals surface area (Å²) in [5.41, 5.74) is 4.80. The van der Waals surface area contributed by atoms with Crippen LogP contribution < -0.4 is 10.1 Å². The van der Waals surface area contributed by atoms with Gasteiger partial charge in [-0.3, -0.25) is 9.48 Å². The molecule has 0 aliphatic rings. The fourth-order valence-corrected chi connectivity index (χ4v) is 3.36. The lowest BCUT2D eigenvalue weighted by Gasteiger charge is -2.19. The number of amides is 1. The minimum absolute atomic E-state index is 0.0482. The third-order valence-corrected chi connectivity index (χ3v) is 5.08.